The van der Waals surface area contributed by atoms with E-state index in [0.717, 1.165) is 5.56 Å². The summed E-state index contributed by atoms with van der Waals surface area (Å²) < 4.78 is 20.6. The van der Waals surface area contributed by atoms with Gasteiger partial charge in [-0.3, -0.25) is 19.1 Å². The number of amides is 1. The topological polar surface area (TPSA) is 134 Å². The highest BCUT2D eigenvalue weighted by molar-refractivity contribution is 6.02. The number of aromatic hydroxyl groups is 1. The lowest BCUT2D eigenvalue weighted by Crippen LogP contribution is -2.48. The maximum atomic E-state index is 13.3. The first-order valence-electron chi connectivity index (χ1n) is 9.98. The molecule has 0 aliphatic carbocycles. The Kier molecular flexibility index (Phi) is 5.57. The second kappa shape index (κ2) is 8.21. The number of rotatable bonds is 6. The van der Waals surface area contributed by atoms with E-state index in [0.29, 0.717) is 12.0 Å². The first-order valence-corrected chi connectivity index (χ1v) is 9.98. The SMILES string of the molecule is C[C@]1(CO)Cn2c(=O)c(C(=O)NCCO)c(O)c3ncc(Cc4ccc(F)cc4)c(c32)O1. The van der Waals surface area contributed by atoms with Crippen molar-refractivity contribution in [3.63, 3.8) is 0 Å². The van der Waals surface area contributed by atoms with Crippen LogP contribution in [-0.2, 0) is 13.0 Å². The molecule has 2 aromatic heterocycles. The fraction of sp³-hybridized carbons (Fsp3) is 0.318. The van der Waals surface area contributed by atoms with Gasteiger partial charge in [0.1, 0.15) is 28.0 Å². The predicted molar refractivity (Wildman–Crippen MR) is 112 cm³/mol. The summed E-state index contributed by atoms with van der Waals surface area (Å²) in [5, 5.41) is 32.0. The van der Waals surface area contributed by atoms with Gasteiger partial charge in [0.25, 0.3) is 11.5 Å². The molecule has 1 aliphatic rings. The zero-order valence-electron chi connectivity index (χ0n) is 17.3. The summed E-state index contributed by atoms with van der Waals surface area (Å²) in [4.78, 5) is 30.0. The predicted octanol–water partition coefficient (Wildman–Crippen LogP) is 0.698. The summed E-state index contributed by atoms with van der Waals surface area (Å²) >= 11 is 0. The summed E-state index contributed by atoms with van der Waals surface area (Å²) in [5.41, 5.74) is -0.907. The van der Waals surface area contributed by atoms with E-state index in [-0.39, 0.29) is 42.3 Å². The summed E-state index contributed by atoms with van der Waals surface area (Å²) in [6, 6.07) is 5.87. The minimum absolute atomic E-state index is 0.00315. The van der Waals surface area contributed by atoms with Crippen LogP contribution in [0.2, 0.25) is 0 Å². The molecule has 0 fully saturated rings. The van der Waals surface area contributed by atoms with Crippen LogP contribution in [0.15, 0.2) is 35.3 Å². The molecule has 4 rings (SSSR count). The Hall–Kier alpha value is -3.50. The molecule has 1 atom stereocenters. The van der Waals surface area contributed by atoms with Crippen LogP contribution in [0, 0.1) is 5.82 Å². The second-order valence-corrected chi connectivity index (χ2v) is 7.92. The Morgan fingerprint density at radius 3 is 2.69 bits per heavy atom. The van der Waals surface area contributed by atoms with Crippen LogP contribution in [0.1, 0.15) is 28.4 Å². The largest absolute Gasteiger partial charge is 0.505 e. The third-order valence-corrected chi connectivity index (χ3v) is 5.38. The first-order chi connectivity index (χ1) is 15.3. The van der Waals surface area contributed by atoms with Crippen molar-refractivity contribution < 1.29 is 29.2 Å². The Bertz CT molecular complexity index is 1260. The van der Waals surface area contributed by atoms with Gasteiger partial charge in [0.05, 0.1) is 19.8 Å². The zero-order valence-corrected chi connectivity index (χ0v) is 17.3. The summed E-state index contributed by atoms with van der Waals surface area (Å²) in [6.45, 7) is 0.705. The van der Waals surface area contributed by atoms with E-state index >= 15 is 0 Å². The van der Waals surface area contributed by atoms with Crippen molar-refractivity contribution in [1.29, 1.82) is 0 Å². The number of aromatic nitrogens is 2. The maximum Gasteiger partial charge on any atom is 0.268 e. The number of pyridine rings is 2. The molecular weight excluding hydrogens is 421 g/mol. The summed E-state index contributed by atoms with van der Waals surface area (Å²) in [6.07, 6.45) is 1.75. The van der Waals surface area contributed by atoms with Crippen LogP contribution in [0.4, 0.5) is 4.39 Å². The number of halogens is 1. The molecule has 0 saturated carbocycles. The molecule has 3 aromatic rings. The van der Waals surface area contributed by atoms with Gasteiger partial charge < -0.3 is 25.4 Å². The molecule has 1 aromatic carbocycles. The van der Waals surface area contributed by atoms with Gasteiger partial charge in [-0.05, 0) is 24.6 Å². The molecule has 0 bridgehead atoms. The summed E-state index contributed by atoms with van der Waals surface area (Å²) in [5.74, 6) is -1.57. The van der Waals surface area contributed by atoms with Crippen molar-refractivity contribution in [1.82, 2.24) is 14.9 Å². The molecule has 10 heteroatoms. The number of carbonyl (C=O) groups is 1. The van der Waals surface area contributed by atoms with Crippen molar-refractivity contribution in [2.75, 3.05) is 19.8 Å². The van der Waals surface area contributed by atoms with Crippen LogP contribution in [0.5, 0.6) is 11.5 Å². The lowest BCUT2D eigenvalue weighted by molar-refractivity contribution is 0.00353. The molecule has 1 aliphatic heterocycles. The van der Waals surface area contributed by atoms with E-state index in [9.17, 15) is 24.2 Å². The number of hydrogen-bond donors (Lipinski definition) is 4. The van der Waals surface area contributed by atoms with E-state index in [2.05, 4.69) is 10.3 Å². The minimum Gasteiger partial charge on any atom is -0.505 e. The standard InChI is InChI=1S/C22H22FN3O6/c1-22(11-28)10-26-17-16(18(29)15(21(26)31)20(30)24-6-7-27)25-9-13(19(17)32-22)8-12-2-4-14(23)5-3-12/h2-5,9,27-29H,6-8,10-11H2,1H3,(H,24,30)/t22-/m1/s1. The highest BCUT2D eigenvalue weighted by Gasteiger charge is 2.37. The third kappa shape index (κ3) is 3.67. The Morgan fingerprint density at radius 1 is 1.31 bits per heavy atom. The van der Waals surface area contributed by atoms with Gasteiger partial charge >= 0.3 is 0 Å². The van der Waals surface area contributed by atoms with Crippen LogP contribution in [0.3, 0.4) is 0 Å². The highest BCUT2D eigenvalue weighted by Crippen LogP contribution is 2.39. The molecule has 9 nitrogen and oxygen atoms in total. The smallest absolute Gasteiger partial charge is 0.268 e. The molecule has 0 saturated heterocycles. The van der Waals surface area contributed by atoms with E-state index in [4.69, 9.17) is 9.84 Å². The van der Waals surface area contributed by atoms with E-state index in [1.54, 1.807) is 19.1 Å². The normalized spacial score (nSPS) is 17.2. The minimum atomic E-state index is -1.17. The fourth-order valence-corrected chi connectivity index (χ4v) is 3.77. The second-order valence-electron chi connectivity index (χ2n) is 7.92. The number of hydrogen-bond acceptors (Lipinski definition) is 7. The number of carbonyl (C=O) groups excluding carboxylic acids is 1. The number of ether oxygens (including phenoxy) is 1. The molecule has 168 valence electrons. The van der Waals surface area contributed by atoms with E-state index in [1.807, 2.05) is 0 Å². The average molecular weight is 443 g/mol. The van der Waals surface area contributed by atoms with Crippen LogP contribution in [0.25, 0.3) is 11.0 Å². The number of benzene rings is 1. The molecule has 0 radical (unpaired) electrons. The molecule has 4 N–H and O–H groups in total. The van der Waals surface area contributed by atoms with Crippen LogP contribution < -0.4 is 15.6 Å². The van der Waals surface area contributed by atoms with Crippen molar-refractivity contribution >= 4 is 16.9 Å². The lowest BCUT2D eigenvalue weighted by Gasteiger charge is -2.36. The van der Waals surface area contributed by atoms with Gasteiger partial charge in [-0.25, -0.2) is 4.39 Å². The number of nitrogens with zero attached hydrogens (tertiary/aromatic N) is 2. The van der Waals surface area contributed by atoms with Gasteiger partial charge in [0, 0.05) is 24.7 Å². The lowest BCUT2D eigenvalue weighted by atomic mass is 10.00. The number of aliphatic hydroxyl groups excluding tert-OH is 2. The van der Waals surface area contributed by atoms with E-state index < -0.39 is 35.0 Å². The van der Waals surface area contributed by atoms with E-state index in [1.165, 1.54) is 22.9 Å². The Balaban J connectivity index is 1.94. The molecule has 32 heavy (non-hydrogen) atoms. The number of aliphatic hydroxyl groups is 2. The van der Waals surface area contributed by atoms with Crippen molar-refractivity contribution in [2.24, 2.45) is 0 Å². The molecule has 1 amide bonds. The highest BCUT2D eigenvalue weighted by atomic mass is 19.1. The maximum absolute atomic E-state index is 13.3. The van der Waals surface area contributed by atoms with Gasteiger partial charge in [-0.1, -0.05) is 12.1 Å². The van der Waals surface area contributed by atoms with Crippen molar-refractivity contribution in [3.8, 4) is 11.5 Å². The first kappa shape index (κ1) is 21.7. The quantitative estimate of drug-likeness (QED) is 0.441. The molecule has 0 unspecified atom stereocenters. The Morgan fingerprint density at radius 2 is 2.03 bits per heavy atom. The van der Waals surface area contributed by atoms with Gasteiger partial charge in [-0.2, -0.15) is 0 Å². The third-order valence-electron chi connectivity index (χ3n) is 5.38. The van der Waals surface area contributed by atoms with Crippen LogP contribution >= 0.6 is 0 Å². The van der Waals surface area contributed by atoms with Crippen LogP contribution in [-0.4, -0.2) is 56.1 Å². The molecule has 0 spiro atoms. The van der Waals surface area contributed by atoms with Gasteiger partial charge in [0.15, 0.2) is 11.5 Å². The Labute approximate surface area is 181 Å². The summed E-state index contributed by atoms with van der Waals surface area (Å²) in [7, 11) is 0. The van der Waals surface area contributed by atoms with Gasteiger partial charge in [-0.15, -0.1) is 0 Å². The molecular formula is C22H22FN3O6. The van der Waals surface area contributed by atoms with Gasteiger partial charge in [0.2, 0.25) is 0 Å². The van der Waals surface area contributed by atoms with Crippen molar-refractivity contribution in [2.45, 2.75) is 25.5 Å². The zero-order chi connectivity index (χ0) is 23.0. The number of nitrogens with one attached hydrogen (secondary N) is 1. The monoisotopic (exact) mass is 443 g/mol. The average Bonchev–Trinajstić information content (AvgIpc) is 2.78. The fourth-order valence-electron chi connectivity index (χ4n) is 3.77. The molecule has 3 heterocycles. The van der Waals surface area contributed by atoms with Crippen molar-refractivity contribution in [3.05, 3.63) is 63.3 Å².